The van der Waals surface area contributed by atoms with E-state index in [1.54, 1.807) is 31.9 Å². The van der Waals surface area contributed by atoms with E-state index in [1.165, 1.54) is 0 Å². The van der Waals surface area contributed by atoms with Crippen LogP contribution in [0.3, 0.4) is 0 Å². The number of rotatable bonds is 5. The highest BCUT2D eigenvalue weighted by Gasteiger charge is 2.34. The van der Waals surface area contributed by atoms with Crippen LogP contribution in [0.25, 0.3) is 22.0 Å². The fourth-order valence-electron chi connectivity index (χ4n) is 4.08. The molecule has 3 heterocycles. The van der Waals surface area contributed by atoms with E-state index in [0.29, 0.717) is 27.6 Å². The third kappa shape index (κ3) is 3.82. The Balaban J connectivity index is 1.80. The molecule has 0 bridgehead atoms. The SMILES string of the molecule is COc1cc(-c2cccc(Cl)c2)c2cc(C(O)(c3cccnc3)c3cccnc3)ccc2n1. The van der Waals surface area contributed by atoms with E-state index in [0.717, 1.165) is 22.0 Å². The summed E-state index contributed by atoms with van der Waals surface area (Å²) in [7, 11) is 1.59. The Bertz CT molecular complexity index is 1390. The maximum Gasteiger partial charge on any atom is 0.214 e. The summed E-state index contributed by atoms with van der Waals surface area (Å²) in [6.07, 6.45) is 6.70. The van der Waals surface area contributed by atoms with Crippen LogP contribution < -0.4 is 4.74 Å². The molecule has 0 aliphatic carbocycles. The molecule has 162 valence electrons. The predicted octanol–water partition coefficient (Wildman–Crippen LogP) is 5.64. The lowest BCUT2D eigenvalue weighted by Crippen LogP contribution is -2.29. The van der Waals surface area contributed by atoms with Gasteiger partial charge >= 0.3 is 0 Å². The van der Waals surface area contributed by atoms with Gasteiger partial charge in [0.05, 0.1) is 12.6 Å². The van der Waals surface area contributed by atoms with Crippen molar-refractivity contribution in [2.45, 2.75) is 5.60 Å². The molecule has 0 unspecified atom stereocenters. The summed E-state index contributed by atoms with van der Waals surface area (Å²) in [6.45, 7) is 0. The van der Waals surface area contributed by atoms with Gasteiger partial charge in [0.15, 0.2) is 0 Å². The van der Waals surface area contributed by atoms with Gasteiger partial charge in [-0.2, -0.15) is 0 Å². The molecule has 0 radical (unpaired) electrons. The first-order valence-corrected chi connectivity index (χ1v) is 10.8. The number of hydrogen-bond donors (Lipinski definition) is 1. The van der Waals surface area contributed by atoms with Gasteiger partial charge in [0.1, 0.15) is 5.60 Å². The smallest absolute Gasteiger partial charge is 0.214 e. The molecule has 2 aromatic carbocycles. The summed E-state index contributed by atoms with van der Waals surface area (Å²) < 4.78 is 5.44. The van der Waals surface area contributed by atoms with Crippen molar-refractivity contribution in [1.29, 1.82) is 0 Å². The van der Waals surface area contributed by atoms with E-state index in [-0.39, 0.29) is 0 Å². The number of nitrogens with zero attached hydrogens (tertiary/aromatic N) is 3. The van der Waals surface area contributed by atoms with Gasteiger partial charge in [-0.25, -0.2) is 4.98 Å². The molecular weight excluding hydrogens is 434 g/mol. The van der Waals surface area contributed by atoms with E-state index in [2.05, 4.69) is 15.0 Å². The number of hydrogen-bond acceptors (Lipinski definition) is 5. The summed E-state index contributed by atoms with van der Waals surface area (Å²) in [5, 5.41) is 13.6. The average Bonchev–Trinajstić information content (AvgIpc) is 2.88. The molecule has 0 spiro atoms. The Morgan fingerprint density at radius 3 is 2.15 bits per heavy atom. The molecule has 5 rings (SSSR count). The van der Waals surface area contributed by atoms with Crippen LogP contribution in [0.4, 0.5) is 0 Å². The van der Waals surface area contributed by atoms with Crippen molar-refractivity contribution >= 4 is 22.5 Å². The first-order chi connectivity index (χ1) is 16.1. The Labute approximate surface area is 196 Å². The van der Waals surface area contributed by atoms with E-state index >= 15 is 0 Å². The zero-order valence-electron chi connectivity index (χ0n) is 17.8. The third-order valence-corrected chi connectivity index (χ3v) is 5.94. The molecular formula is C27H20ClN3O2. The first kappa shape index (κ1) is 21.1. The van der Waals surface area contributed by atoms with E-state index in [4.69, 9.17) is 16.3 Å². The van der Waals surface area contributed by atoms with Gasteiger partial charge in [0, 0.05) is 52.4 Å². The molecule has 0 amide bonds. The number of aliphatic hydroxyl groups is 1. The summed E-state index contributed by atoms with van der Waals surface area (Å²) in [5.41, 5.74) is 3.07. The van der Waals surface area contributed by atoms with Crippen LogP contribution in [0, 0.1) is 0 Å². The number of ether oxygens (including phenoxy) is 1. The number of benzene rings is 2. The largest absolute Gasteiger partial charge is 0.481 e. The van der Waals surface area contributed by atoms with Gasteiger partial charge in [0.2, 0.25) is 5.88 Å². The second-order valence-electron chi connectivity index (χ2n) is 7.65. The van der Waals surface area contributed by atoms with E-state index in [1.807, 2.05) is 72.8 Å². The van der Waals surface area contributed by atoms with Gasteiger partial charge in [-0.3, -0.25) is 9.97 Å². The standard InChI is InChI=1S/C27H20ClN3O2/c1-33-26-15-23(18-5-2-8-22(28)13-18)24-14-19(9-10-25(24)31-26)27(32,20-6-3-11-29-16-20)21-7-4-12-30-17-21/h2-17,32H,1H3. The zero-order chi connectivity index (χ0) is 22.8. The maximum absolute atomic E-state index is 12.1. The second kappa shape index (κ2) is 8.62. The molecule has 33 heavy (non-hydrogen) atoms. The third-order valence-electron chi connectivity index (χ3n) is 5.71. The quantitative estimate of drug-likeness (QED) is 0.373. The number of pyridine rings is 3. The monoisotopic (exact) mass is 453 g/mol. The molecule has 5 nitrogen and oxygen atoms in total. The summed E-state index contributed by atoms with van der Waals surface area (Å²) >= 11 is 6.28. The Morgan fingerprint density at radius 1 is 0.818 bits per heavy atom. The van der Waals surface area contributed by atoms with Crippen LogP contribution >= 0.6 is 11.6 Å². The van der Waals surface area contributed by atoms with Gasteiger partial charge in [-0.05, 0) is 53.1 Å². The normalized spacial score (nSPS) is 11.5. The molecule has 1 N–H and O–H groups in total. The highest BCUT2D eigenvalue weighted by Crippen LogP contribution is 2.39. The number of aromatic nitrogens is 3. The molecule has 0 aliphatic heterocycles. The minimum Gasteiger partial charge on any atom is -0.481 e. The van der Waals surface area contributed by atoms with Gasteiger partial charge in [-0.1, -0.05) is 41.9 Å². The molecule has 0 saturated heterocycles. The first-order valence-electron chi connectivity index (χ1n) is 10.4. The van der Waals surface area contributed by atoms with Gasteiger partial charge in [-0.15, -0.1) is 0 Å². The second-order valence-corrected chi connectivity index (χ2v) is 8.08. The minimum absolute atomic E-state index is 0.500. The van der Waals surface area contributed by atoms with Crippen LogP contribution in [0.15, 0.2) is 97.6 Å². The topological polar surface area (TPSA) is 68.1 Å². The van der Waals surface area contributed by atoms with Crippen molar-refractivity contribution in [2.75, 3.05) is 7.11 Å². The molecule has 6 heteroatoms. The van der Waals surface area contributed by atoms with Crippen molar-refractivity contribution in [3.8, 4) is 17.0 Å². The lowest BCUT2D eigenvalue weighted by atomic mass is 9.81. The molecule has 0 atom stereocenters. The van der Waals surface area contributed by atoms with Crippen molar-refractivity contribution < 1.29 is 9.84 Å². The fourth-order valence-corrected chi connectivity index (χ4v) is 4.27. The van der Waals surface area contributed by atoms with Gasteiger partial charge in [0.25, 0.3) is 0 Å². The lowest BCUT2D eigenvalue weighted by molar-refractivity contribution is 0.125. The van der Waals surface area contributed by atoms with Crippen LogP contribution in [0.1, 0.15) is 16.7 Å². The van der Waals surface area contributed by atoms with Gasteiger partial charge < -0.3 is 9.84 Å². The molecule has 0 fully saturated rings. The number of fused-ring (bicyclic) bond motifs is 1. The molecule has 3 aromatic heterocycles. The van der Waals surface area contributed by atoms with Crippen LogP contribution in [0.2, 0.25) is 5.02 Å². The highest BCUT2D eigenvalue weighted by molar-refractivity contribution is 6.30. The van der Waals surface area contributed by atoms with Crippen molar-refractivity contribution in [3.63, 3.8) is 0 Å². The average molecular weight is 454 g/mol. The molecule has 0 aliphatic rings. The summed E-state index contributed by atoms with van der Waals surface area (Å²) in [5.74, 6) is 0.500. The van der Waals surface area contributed by atoms with Crippen molar-refractivity contribution in [1.82, 2.24) is 15.0 Å². The minimum atomic E-state index is -1.46. The Kier molecular flexibility index (Phi) is 5.50. The lowest BCUT2D eigenvalue weighted by Gasteiger charge is -2.29. The fraction of sp³-hybridized carbons (Fsp3) is 0.0741. The van der Waals surface area contributed by atoms with Crippen molar-refractivity contribution in [2.24, 2.45) is 0 Å². The van der Waals surface area contributed by atoms with Crippen LogP contribution in [-0.4, -0.2) is 27.2 Å². The zero-order valence-corrected chi connectivity index (χ0v) is 18.6. The van der Waals surface area contributed by atoms with Crippen molar-refractivity contribution in [3.05, 3.63) is 119 Å². The van der Waals surface area contributed by atoms with Crippen LogP contribution in [0.5, 0.6) is 5.88 Å². The van der Waals surface area contributed by atoms with E-state index in [9.17, 15) is 5.11 Å². The Morgan fingerprint density at radius 2 is 1.55 bits per heavy atom. The number of methoxy groups -OCH3 is 1. The predicted molar refractivity (Wildman–Crippen MR) is 129 cm³/mol. The summed E-state index contributed by atoms with van der Waals surface area (Å²) in [6, 6.07) is 22.5. The Hall–Kier alpha value is -3.80. The maximum atomic E-state index is 12.1. The molecule has 0 saturated carbocycles. The summed E-state index contributed by atoms with van der Waals surface area (Å²) in [4.78, 5) is 13.1. The van der Waals surface area contributed by atoms with Crippen LogP contribution in [-0.2, 0) is 5.60 Å². The molecule has 5 aromatic rings. The highest BCUT2D eigenvalue weighted by atomic mass is 35.5. The van der Waals surface area contributed by atoms with E-state index < -0.39 is 5.60 Å². The number of halogens is 1.